The first-order valence-corrected chi connectivity index (χ1v) is 13.0. The molecule has 1 N–H and O–H groups in total. The summed E-state index contributed by atoms with van der Waals surface area (Å²) in [7, 11) is 0. The third-order valence-electron chi connectivity index (χ3n) is 5.89. The molecule has 6 nitrogen and oxygen atoms in total. The average molecular weight is 501 g/mol. The maximum absolute atomic E-state index is 13.3. The Labute approximate surface area is 212 Å². The van der Waals surface area contributed by atoms with Crippen LogP contribution in [0.5, 0.6) is 0 Å². The summed E-state index contributed by atoms with van der Waals surface area (Å²) in [4.78, 5) is 28.9. The Morgan fingerprint density at radius 2 is 1.69 bits per heavy atom. The summed E-state index contributed by atoms with van der Waals surface area (Å²) in [5.74, 6) is -0.126. The van der Waals surface area contributed by atoms with Crippen LogP contribution in [0, 0.1) is 6.92 Å². The summed E-state index contributed by atoms with van der Waals surface area (Å²) in [6, 6.07) is 27.5. The molecule has 0 aliphatic carbocycles. The van der Waals surface area contributed by atoms with Crippen LogP contribution in [0.3, 0.4) is 0 Å². The van der Waals surface area contributed by atoms with Gasteiger partial charge < -0.3 is 4.90 Å². The Hall–Kier alpha value is -3.49. The van der Waals surface area contributed by atoms with Gasteiger partial charge in [0.25, 0.3) is 0 Å². The highest BCUT2D eigenvalue weighted by atomic mass is 32.2. The van der Waals surface area contributed by atoms with Gasteiger partial charge in [-0.15, -0.1) is 22.0 Å². The van der Waals surface area contributed by atoms with Crippen molar-refractivity contribution >= 4 is 45.7 Å². The van der Waals surface area contributed by atoms with Crippen molar-refractivity contribution in [2.75, 3.05) is 16.8 Å². The van der Waals surface area contributed by atoms with Crippen LogP contribution in [0.1, 0.15) is 33.7 Å². The quantitative estimate of drug-likeness (QED) is 0.323. The molecule has 1 aliphatic heterocycles. The lowest BCUT2D eigenvalue weighted by Crippen LogP contribution is -2.25. The smallest absolute Gasteiger partial charge is 0.244 e. The van der Waals surface area contributed by atoms with Crippen LogP contribution in [-0.4, -0.2) is 28.6 Å². The van der Waals surface area contributed by atoms with Crippen LogP contribution >= 0.6 is 23.1 Å². The van der Waals surface area contributed by atoms with E-state index in [0.717, 1.165) is 26.7 Å². The first-order chi connectivity index (χ1) is 17.1. The summed E-state index contributed by atoms with van der Waals surface area (Å²) in [5.41, 5.74) is 2.91. The summed E-state index contributed by atoms with van der Waals surface area (Å²) >= 11 is 2.83. The molecule has 5 rings (SSSR count). The molecule has 8 heteroatoms. The van der Waals surface area contributed by atoms with E-state index in [1.165, 1.54) is 23.1 Å². The zero-order valence-electron chi connectivity index (χ0n) is 19.1. The highest BCUT2D eigenvalue weighted by Gasteiger charge is 2.34. The number of nitrogens with zero attached hydrogens (tertiary/aromatic N) is 3. The number of benzene rings is 3. The fraction of sp³-hybridized carbons (Fsp3) is 0.185. The Kier molecular flexibility index (Phi) is 6.92. The molecule has 0 saturated carbocycles. The van der Waals surface area contributed by atoms with Crippen molar-refractivity contribution in [3.63, 3.8) is 0 Å². The maximum Gasteiger partial charge on any atom is 0.244 e. The summed E-state index contributed by atoms with van der Waals surface area (Å²) in [6.45, 7) is 2.56. The number of hydrogen-bond donors (Lipinski definition) is 1. The number of para-hydroxylation sites is 1. The van der Waals surface area contributed by atoms with Gasteiger partial charge in [-0.1, -0.05) is 78.1 Å². The van der Waals surface area contributed by atoms with Crippen LogP contribution in [0.25, 0.3) is 0 Å². The van der Waals surface area contributed by atoms with E-state index in [1.54, 1.807) is 0 Å². The first kappa shape index (κ1) is 23.3. The van der Waals surface area contributed by atoms with E-state index in [-0.39, 0.29) is 17.7 Å². The lowest BCUT2D eigenvalue weighted by atomic mass is 10.1. The van der Waals surface area contributed by atoms with E-state index in [4.69, 9.17) is 0 Å². The number of anilines is 2. The average Bonchev–Trinajstić information content (AvgIpc) is 3.50. The lowest BCUT2D eigenvalue weighted by Gasteiger charge is -2.18. The Balaban J connectivity index is 1.30. The molecule has 2 heterocycles. The number of nitrogens with one attached hydrogen (secondary N) is 1. The first-order valence-electron chi connectivity index (χ1n) is 11.4. The molecule has 35 heavy (non-hydrogen) atoms. The number of carbonyl (C=O) groups is 2. The third kappa shape index (κ3) is 5.28. The topological polar surface area (TPSA) is 75.2 Å². The second-order valence-electron chi connectivity index (χ2n) is 8.35. The molecular weight excluding hydrogens is 476 g/mol. The number of carbonyl (C=O) groups excluding carboxylic acids is 2. The van der Waals surface area contributed by atoms with E-state index in [9.17, 15) is 9.59 Å². The molecule has 2 amide bonds. The Morgan fingerprint density at radius 1 is 1.00 bits per heavy atom. The third-order valence-corrected chi connectivity index (χ3v) is 8.16. The van der Waals surface area contributed by atoms with Crippen LogP contribution in [0.2, 0.25) is 0 Å². The SMILES string of the molecule is Cc1ccccc1N1CC(c2nnc(NC(=O)C(Sc3ccccc3)c3ccccc3)s2)CC1=O. The van der Waals surface area contributed by atoms with Crippen molar-refractivity contribution in [3.05, 3.63) is 101 Å². The molecule has 2 unspecified atom stereocenters. The molecule has 3 aromatic carbocycles. The Bertz CT molecular complexity index is 1330. The highest BCUT2D eigenvalue weighted by molar-refractivity contribution is 8.00. The van der Waals surface area contributed by atoms with Gasteiger partial charge in [-0.05, 0) is 36.2 Å². The molecule has 4 aromatic rings. The normalized spacial score (nSPS) is 16.3. The summed E-state index contributed by atoms with van der Waals surface area (Å²) < 4.78 is 0. The number of rotatable bonds is 7. The molecule has 0 radical (unpaired) electrons. The van der Waals surface area contributed by atoms with Gasteiger partial charge >= 0.3 is 0 Å². The standard InChI is InChI=1S/C27H24N4O2S2/c1-18-10-8-9-15-22(18)31-17-20(16-23(31)32)26-29-30-27(35-26)28-25(33)24(19-11-4-2-5-12-19)34-21-13-6-3-7-14-21/h2-15,20,24H,16-17H2,1H3,(H,28,30,33). The molecule has 176 valence electrons. The van der Waals surface area contributed by atoms with E-state index < -0.39 is 5.25 Å². The maximum atomic E-state index is 13.3. The molecule has 1 saturated heterocycles. The minimum Gasteiger partial charge on any atom is -0.311 e. The van der Waals surface area contributed by atoms with Crippen LogP contribution < -0.4 is 10.2 Å². The van der Waals surface area contributed by atoms with E-state index in [0.29, 0.717) is 18.1 Å². The molecule has 1 fully saturated rings. The molecule has 1 aromatic heterocycles. The van der Waals surface area contributed by atoms with E-state index in [1.807, 2.05) is 96.8 Å². The number of hydrogen-bond acceptors (Lipinski definition) is 6. The van der Waals surface area contributed by atoms with Crippen molar-refractivity contribution < 1.29 is 9.59 Å². The van der Waals surface area contributed by atoms with Crippen LogP contribution in [-0.2, 0) is 9.59 Å². The zero-order valence-corrected chi connectivity index (χ0v) is 20.8. The fourth-order valence-electron chi connectivity index (χ4n) is 4.13. The fourth-order valence-corrected chi connectivity index (χ4v) is 6.01. The van der Waals surface area contributed by atoms with Gasteiger partial charge in [0.05, 0.1) is 0 Å². The molecule has 0 bridgehead atoms. The van der Waals surface area contributed by atoms with Gasteiger partial charge in [0.1, 0.15) is 10.3 Å². The van der Waals surface area contributed by atoms with Gasteiger partial charge in [-0.25, -0.2) is 0 Å². The second kappa shape index (κ2) is 10.4. The lowest BCUT2D eigenvalue weighted by molar-refractivity contribution is -0.117. The van der Waals surface area contributed by atoms with Crippen LogP contribution in [0.15, 0.2) is 89.8 Å². The van der Waals surface area contributed by atoms with Crippen molar-refractivity contribution in [1.29, 1.82) is 0 Å². The predicted molar refractivity (Wildman–Crippen MR) is 141 cm³/mol. The number of thioether (sulfide) groups is 1. The highest BCUT2D eigenvalue weighted by Crippen LogP contribution is 2.38. The summed E-state index contributed by atoms with van der Waals surface area (Å²) in [5, 5.41) is 12.3. The van der Waals surface area contributed by atoms with E-state index in [2.05, 4.69) is 15.5 Å². The van der Waals surface area contributed by atoms with Gasteiger partial charge in [0.15, 0.2) is 0 Å². The van der Waals surface area contributed by atoms with Crippen molar-refractivity contribution in [3.8, 4) is 0 Å². The minimum atomic E-state index is -0.435. The summed E-state index contributed by atoms with van der Waals surface area (Å²) in [6.07, 6.45) is 0.382. The predicted octanol–water partition coefficient (Wildman–Crippen LogP) is 5.84. The van der Waals surface area contributed by atoms with Gasteiger partial charge in [-0.3, -0.25) is 14.9 Å². The number of aromatic nitrogens is 2. The van der Waals surface area contributed by atoms with Gasteiger partial charge in [-0.2, -0.15) is 0 Å². The molecule has 0 spiro atoms. The monoisotopic (exact) mass is 500 g/mol. The molecule has 1 aliphatic rings. The molecular formula is C27H24N4O2S2. The second-order valence-corrected chi connectivity index (χ2v) is 10.5. The number of amides is 2. The van der Waals surface area contributed by atoms with Gasteiger partial charge in [0, 0.05) is 29.5 Å². The zero-order chi connectivity index (χ0) is 24.2. The van der Waals surface area contributed by atoms with Crippen molar-refractivity contribution in [2.24, 2.45) is 0 Å². The van der Waals surface area contributed by atoms with Crippen LogP contribution in [0.4, 0.5) is 10.8 Å². The minimum absolute atomic E-state index is 0.0473. The van der Waals surface area contributed by atoms with Gasteiger partial charge in [0.2, 0.25) is 16.9 Å². The van der Waals surface area contributed by atoms with Crippen molar-refractivity contribution in [2.45, 2.75) is 29.4 Å². The number of aryl methyl sites for hydroxylation is 1. The molecule has 2 atom stereocenters. The van der Waals surface area contributed by atoms with E-state index >= 15 is 0 Å². The van der Waals surface area contributed by atoms with Crippen molar-refractivity contribution in [1.82, 2.24) is 10.2 Å². The largest absolute Gasteiger partial charge is 0.311 e. The Morgan fingerprint density at radius 3 is 2.43 bits per heavy atom.